The van der Waals surface area contributed by atoms with Gasteiger partial charge in [-0.15, -0.1) is 6.58 Å². The first-order valence-corrected chi connectivity index (χ1v) is 10.6. The summed E-state index contributed by atoms with van der Waals surface area (Å²) in [5.74, 6) is -1.14. The second-order valence-electron chi connectivity index (χ2n) is 9.00. The molecule has 28 heavy (non-hydrogen) atoms. The third kappa shape index (κ3) is 6.41. The summed E-state index contributed by atoms with van der Waals surface area (Å²) in [6.45, 7) is 11.9. The van der Waals surface area contributed by atoms with Crippen molar-refractivity contribution in [3.05, 3.63) is 48.6 Å². The summed E-state index contributed by atoms with van der Waals surface area (Å²) in [4.78, 5) is 0. The predicted octanol–water partition coefficient (Wildman–Crippen LogP) is 5.41. The van der Waals surface area contributed by atoms with E-state index in [0.29, 0.717) is 0 Å². The lowest BCUT2D eigenvalue weighted by Crippen LogP contribution is -2.49. The van der Waals surface area contributed by atoms with Crippen molar-refractivity contribution in [1.29, 1.82) is 0 Å². The Morgan fingerprint density at radius 3 is 2.18 bits per heavy atom. The smallest absolute Gasteiger partial charge is 0.163 e. The molecule has 0 unspecified atom stereocenters. The number of hydrogen-bond donors (Lipinski definition) is 0. The molecule has 2 heterocycles. The lowest BCUT2D eigenvalue weighted by Gasteiger charge is -2.44. The molecular weight excluding hydrogens is 352 g/mol. The summed E-state index contributed by atoms with van der Waals surface area (Å²) in [6, 6.07) is 10.7. The fourth-order valence-corrected chi connectivity index (χ4v) is 4.45. The molecule has 0 amide bonds. The van der Waals surface area contributed by atoms with Crippen LogP contribution in [0.2, 0.25) is 0 Å². The minimum atomic E-state index is -0.586. The molecule has 0 aliphatic carbocycles. The second kappa shape index (κ2) is 9.08. The molecule has 2 aliphatic heterocycles. The largest absolute Gasteiger partial charge is 0.347 e. The Morgan fingerprint density at radius 2 is 1.50 bits per heavy atom. The minimum absolute atomic E-state index is 0.0308. The molecule has 4 atom stereocenters. The fourth-order valence-electron chi connectivity index (χ4n) is 4.45. The van der Waals surface area contributed by atoms with Crippen molar-refractivity contribution in [3.8, 4) is 0 Å². The Bertz CT molecular complexity index is 625. The van der Waals surface area contributed by atoms with Crippen LogP contribution in [0.25, 0.3) is 0 Å². The molecule has 0 radical (unpaired) electrons. The molecule has 156 valence electrons. The molecule has 0 aromatic heterocycles. The highest BCUT2D eigenvalue weighted by atomic mass is 16.7. The van der Waals surface area contributed by atoms with Gasteiger partial charge in [0, 0.05) is 19.3 Å². The Balaban J connectivity index is 1.53. The summed E-state index contributed by atoms with van der Waals surface area (Å²) < 4.78 is 24.5. The average molecular weight is 389 g/mol. The molecular formula is C24H36O4. The summed E-state index contributed by atoms with van der Waals surface area (Å²) in [5.41, 5.74) is 1.39. The lowest BCUT2D eigenvalue weighted by molar-refractivity contribution is -0.321. The Hall–Kier alpha value is -1.20. The van der Waals surface area contributed by atoms with E-state index >= 15 is 0 Å². The second-order valence-corrected chi connectivity index (χ2v) is 9.00. The highest BCUT2D eigenvalue weighted by Gasteiger charge is 2.40. The first kappa shape index (κ1) is 21.5. The molecule has 4 heteroatoms. The molecule has 0 saturated carbocycles. The van der Waals surface area contributed by atoms with Crippen LogP contribution in [0.3, 0.4) is 0 Å². The SMILES string of the molecule is C=C[C@H]1C[C@H](C[C@H]2C[C@@H](CCCc3ccccc3)OC(C)(C)O2)OC(C)(C)O1. The molecule has 4 nitrogen and oxygen atoms in total. The zero-order valence-corrected chi connectivity index (χ0v) is 17.9. The highest BCUT2D eigenvalue weighted by Crippen LogP contribution is 2.35. The van der Waals surface area contributed by atoms with Crippen molar-refractivity contribution in [3.63, 3.8) is 0 Å². The number of benzene rings is 1. The van der Waals surface area contributed by atoms with Gasteiger partial charge < -0.3 is 18.9 Å². The quantitative estimate of drug-likeness (QED) is 0.586. The number of rotatable bonds is 7. The van der Waals surface area contributed by atoms with Crippen LogP contribution in [-0.4, -0.2) is 36.0 Å². The molecule has 0 spiro atoms. The monoisotopic (exact) mass is 388 g/mol. The van der Waals surface area contributed by atoms with E-state index in [4.69, 9.17) is 18.9 Å². The van der Waals surface area contributed by atoms with Crippen LogP contribution >= 0.6 is 0 Å². The van der Waals surface area contributed by atoms with E-state index in [1.54, 1.807) is 0 Å². The van der Waals surface area contributed by atoms with Crippen LogP contribution in [0.4, 0.5) is 0 Å². The maximum atomic E-state index is 6.24. The van der Waals surface area contributed by atoms with Crippen molar-refractivity contribution < 1.29 is 18.9 Å². The minimum Gasteiger partial charge on any atom is -0.347 e. The van der Waals surface area contributed by atoms with Crippen LogP contribution < -0.4 is 0 Å². The molecule has 0 bridgehead atoms. The van der Waals surface area contributed by atoms with E-state index in [-0.39, 0.29) is 24.4 Å². The van der Waals surface area contributed by atoms with Gasteiger partial charge in [-0.2, -0.15) is 0 Å². The van der Waals surface area contributed by atoms with E-state index in [9.17, 15) is 0 Å². The van der Waals surface area contributed by atoms with Crippen molar-refractivity contribution in [1.82, 2.24) is 0 Å². The third-order valence-electron chi connectivity index (χ3n) is 5.43. The van der Waals surface area contributed by atoms with E-state index in [1.165, 1.54) is 5.56 Å². The summed E-state index contributed by atoms with van der Waals surface area (Å²) >= 11 is 0. The van der Waals surface area contributed by atoms with Crippen molar-refractivity contribution in [2.45, 2.75) is 102 Å². The van der Waals surface area contributed by atoms with Crippen LogP contribution in [0.5, 0.6) is 0 Å². The van der Waals surface area contributed by atoms with E-state index in [2.05, 4.69) is 36.9 Å². The van der Waals surface area contributed by atoms with Crippen LogP contribution in [0.1, 0.15) is 65.4 Å². The number of hydrogen-bond acceptors (Lipinski definition) is 4. The van der Waals surface area contributed by atoms with Gasteiger partial charge in [0.05, 0.1) is 24.4 Å². The molecule has 3 rings (SSSR count). The van der Waals surface area contributed by atoms with Gasteiger partial charge in [0.15, 0.2) is 11.6 Å². The Labute approximate surface area is 170 Å². The maximum Gasteiger partial charge on any atom is 0.163 e. The van der Waals surface area contributed by atoms with Gasteiger partial charge in [-0.25, -0.2) is 0 Å². The van der Waals surface area contributed by atoms with Crippen molar-refractivity contribution >= 4 is 0 Å². The first-order valence-electron chi connectivity index (χ1n) is 10.6. The van der Waals surface area contributed by atoms with Crippen LogP contribution in [0, 0.1) is 0 Å². The fraction of sp³-hybridized carbons (Fsp3) is 0.667. The van der Waals surface area contributed by atoms with Gasteiger partial charge >= 0.3 is 0 Å². The maximum absolute atomic E-state index is 6.24. The van der Waals surface area contributed by atoms with Crippen LogP contribution in [-0.2, 0) is 25.4 Å². The number of ether oxygens (including phenoxy) is 4. The van der Waals surface area contributed by atoms with Crippen LogP contribution in [0.15, 0.2) is 43.0 Å². The lowest BCUT2D eigenvalue weighted by atomic mass is 9.95. The third-order valence-corrected chi connectivity index (χ3v) is 5.43. The summed E-state index contributed by atoms with van der Waals surface area (Å²) in [6.07, 6.45) is 8.23. The molecule has 2 fully saturated rings. The van der Waals surface area contributed by atoms with Gasteiger partial charge in [-0.1, -0.05) is 36.4 Å². The Morgan fingerprint density at radius 1 is 0.893 bits per heavy atom. The van der Waals surface area contributed by atoms with Crippen molar-refractivity contribution in [2.75, 3.05) is 0 Å². The van der Waals surface area contributed by atoms with Gasteiger partial charge in [-0.3, -0.25) is 0 Å². The average Bonchev–Trinajstić information content (AvgIpc) is 2.60. The predicted molar refractivity (Wildman–Crippen MR) is 111 cm³/mol. The zero-order valence-electron chi connectivity index (χ0n) is 17.9. The Kier molecular flexibility index (Phi) is 6.98. The normalized spacial score (nSPS) is 32.0. The molecule has 1 aromatic carbocycles. The highest BCUT2D eigenvalue weighted by molar-refractivity contribution is 5.14. The van der Waals surface area contributed by atoms with Gasteiger partial charge in [0.1, 0.15) is 0 Å². The van der Waals surface area contributed by atoms with E-state index in [1.807, 2.05) is 33.8 Å². The molecule has 0 N–H and O–H groups in total. The zero-order chi connectivity index (χ0) is 20.2. The van der Waals surface area contributed by atoms with E-state index in [0.717, 1.165) is 38.5 Å². The summed E-state index contributed by atoms with van der Waals surface area (Å²) in [5, 5.41) is 0. The molecule has 1 aromatic rings. The number of aryl methyl sites for hydroxylation is 1. The molecule has 2 saturated heterocycles. The first-order chi connectivity index (χ1) is 13.2. The van der Waals surface area contributed by atoms with Gasteiger partial charge in [0.25, 0.3) is 0 Å². The van der Waals surface area contributed by atoms with Gasteiger partial charge in [0.2, 0.25) is 0 Å². The standard InChI is InChI=1S/C24H36O4/c1-6-19-15-21(27-23(2,3)25-19)17-22-16-20(26-24(4,5)28-22)14-10-13-18-11-8-7-9-12-18/h6-9,11-12,19-22H,1,10,13-17H2,2-5H3/t19-,20+,21+,22+/m0/s1. The summed E-state index contributed by atoms with van der Waals surface area (Å²) in [7, 11) is 0. The molecule has 2 aliphatic rings. The van der Waals surface area contributed by atoms with Crippen molar-refractivity contribution in [2.24, 2.45) is 0 Å². The van der Waals surface area contributed by atoms with Gasteiger partial charge in [-0.05, 0) is 52.5 Å². The topological polar surface area (TPSA) is 36.9 Å². The van der Waals surface area contributed by atoms with E-state index < -0.39 is 11.6 Å².